The molecule has 0 saturated carbocycles. The summed E-state index contributed by atoms with van der Waals surface area (Å²) < 4.78 is 0. The van der Waals surface area contributed by atoms with Crippen LogP contribution in [0.15, 0.2) is 42.0 Å². The van der Waals surface area contributed by atoms with E-state index in [0.29, 0.717) is 0 Å². The van der Waals surface area contributed by atoms with Gasteiger partial charge in [-0.25, -0.2) is 0 Å². The minimum absolute atomic E-state index is 0.0320. The molecule has 0 spiro atoms. The number of aliphatic hydroxyl groups is 2. The number of rotatable bonds is 3. The van der Waals surface area contributed by atoms with Crippen LogP contribution in [-0.4, -0.2) is 16.8 Å². The van der Waals surface area contributed by atoms with E-state index in [9.17, 15) is 5.11 Å². The van der Waals surface area contributed by atoms with Crippen molar-refractivity contribution in [3.63, 3.8) is 0 Å². The van der Waals surface area contributed by atoms with Crippen LogP contribution in [0.5, 0.6) is 0 Å². The van der Waals surface area contributed by atoms with E-state index in [4.69, 9.17) is 5.11 Å². The van der Waals surface area contributed by atoms with E-state index < -0.39 is 6.10 Å². The van der Waals surface area contributed by atoms with Crippen LogP contribution < -0.4 is 0 Å². The highest BCUT2D eigenvalue weighted by Crippen LogP contribution is 2.19. The highest BCUT2D eigenvalue weighted by molar-refractivity contribution is 5.24. The van der Waals surface area contributed by atoms with Gasteiger partial charge in [0.25, 0.3) is 0 Å². The minimum Gasteiger partial charge on any atom is -0.392 e. The van der Waals surface area contributed by atoms with Gasteiger partial charge in [0, 0.05) is 0 Å². The maximum absolute atomic E-state index is 9.74. The van der Waals surface area contributed by atoms with Crippen molar-refractivity contribution in [2.45, 2.75) is 13.0 Å². The van der Waals surface area contributed by atoms with Crippen molar-refractivity contribution in [3.05, 3.63) is 47.5 Å². The molecule has 0 aromatic heterocycles. The zero-order chi connectivity index (χ0) is 9.68. The maximum atomic E-state index is 9.74. The Hall–Kier alpha value is -1.12. The van der Waals surface area contributed by atoms with Gasteiger partial charge in [-0.05, 0) is 18.1 Å². The second-order valence-corrected chi connectivity index (χ2v) is 2.94. The van der Waals surface area contributed by atoms with Gasteiger partial charge in [-0.3, -0.25) is 0 Å². The molecule has 0 radical (unpaired) electrons. The predicted octanol–water partition coefficient (Wildman–Crippen LogP) is 1.66. The fraction of sp³-hybridized carbons (Fsp3) is 0.273. The highest BCUT2D eigenvalue weighted by Gasteiger charge is 2.07. The van der Waals surface area contributed by atoms with Gasteiger partial charge in [-0.1, -0.05) is 36.4 Å². The fourth-order valence-corrected chi connectivity index (χ4v) is 1.15. The molecule has 0 heterocycles. The number of hydrogen-bond acceptors (Lipinski definition) is 2. The third-order valence-corrected chi connectivity index (χ3v) is 1.96. The molecule has 70 valence electrons. The summed E-state index contributed by atoms with van der Waals surface area (Å²) in [4.78, 5) is 0. The van der Waals surface area contributed by atoms with Gasteiger partial charge in [0.2, 0.25) is 0 Å². The Morgan fingerprint density at radius 1 is 1.38 bits per heavy atom. The smallest absolute Gasteiger partial charge is 0.0999 e. The monoisotopic (exact) mass is 178 g/mol. The van der Waals surface area contributed by atoms with Crippen LogP contribution in [0.3, 0.4) is 0 Å². The van der Waals surface area contributed by atoms with Crippen LogP contribution in [0.4, 0.5) is 0 Å². The fourth-order valence-electron chi connectivity index (χ4n) is 1.15. The zero-order valence-corrected chi connectivity index (χ0v) is 7.64. The third-order valence-electron chi connectivity index (χ3n) is 1.96. The van der Waals surface area contributed by atoms with Crippen molar-refractivity contribution < 1.29 is 10.2 Å². The van der Waals surface area contributed by atoms with Crippen molar-refractivity contribution in [1.29, 1.82) is 0 Å². The first-order chi connectivity index (χ1) is 6.25. The van der Waals surface area contributed by atoms with Crippen LogP contribution in [0.2, 0.25) is 0 Å². The van der Waals surface area contributed by atoms with Gasteiger partial charge in [-0.15, -0.1) is 0 Å². The first-order valence-corrected chi connectivity index (χ1v) is 4.26. The lowest BCUT2D eigenvalue weighted by atomic mass is 10.0. The van der Waals surface area contributed by atoms with Crippen molar-refractivity contribution in [2.75, 3.05) is 6.61 Å². The van der Waals surface area contributed by atoms with Crippen molar-refractivity contribution in [3.8, 4) is 0 Å². The molecule has 1 aromatic carbocycles. The molecule has 0 aliphatic heterocycles. The largest absolute Gasteiger partial charge is 0.392 e. The molecule has 0 unspecified atom stereocenters. The summed E-state index contributed by atoms with van der Waals surface area (Å²) in [5.74, 6) is 0. The van der Waals surface area contributed by atoms with Gasteiger partial charge < -0.3 is 10.2 Å². The molecular weight excluding hydrogens is 164 g/mol. The molecule has 1 atom stereocenters. The Labute approximate surface area is 78.2 Å². The lowest BCUT2D eigenvalue weighted by molar-refractivity contribution is 0.213. The molecule has 0 fully saturated rings. The van der Waals surface area contributed by atoms with Gasteiger partial charge in [0.05, 0.1) is 12.7 Å². The molecule has 0 bridgehead atoms. The Bertz CT molecular complexity index is 277. The molecule has 1 rings (SSSR count). The minimum atomic E-state index is -0.603. The number of hydrogen-bond donors (Lipinski definition) is 2. The van der Waals surface area contributed by atoms with Crippen LogP contribution >= 0.6 is 0 Å². The Morgan fingerprint density at radius 2 is 2.00 bits per heavy atom. The summed E-state index contributed by atoms with van der Waals surface area (Å²) in [6, 6.07) is 9.38. The zero-order valence-electron chi connectivity index (χ0n) is 7.64. The van der Waals surface area contributed by atoms with E-state index >= 15 is 0 Å². The summed E-state index contributed by atoms with van der Waals surface area (Å²) in [7, 11) is 0. The Kier molecular flexibility index (Phi) is 3.68. The standard InChI is InChI=1S/C11H14O2/c1-9(7-8-12)11(13)10-5-3-2-4-6-10/h2-7,11-13H,8H2,1H3/b9-7-/t11-/m0/s1. The average Bonchev–Trinajstić information content (AvgIpc) is 2.18. The van der Waals surface area contributed by atoms with Crippen LogP contribution in [0, 0.1) is 0 Å². The van der Waals surface area contributed by atoms with E-state index in [0.717, 1.165) is 11.1 Å². The lowest BCUT2D eigenvalue weighted by Gasteiger charge is -2.10. The van der Waals surface area contributed by atoms with Crippen molar-refractivity contribution >= 4 is 0 Å². The lowest BCUT2D eigenvalue weighted by Crippen LogP contribution is -1.99. The summed E-state index contributed by atoms with van der Waals surface area (Å²) in [5, 5.41) is 18.4. The SMILES string of the molecule is C/C(=C/CO)[C@H](O)c1ccccc1. The molecular formula is C11H14O2. The molecule has 2 nitrogen and oxygen atoms in total. The van der Waals surface area contributed by atoms with Gasteiger partial charge >= 0.3 is 0 Å². The Balaban J connectivity index is 2.79. The molecule has 13 heavy (non-hydrogen) atoms. The van der Waals surface area contributed by atoms with Gasteiger partial charge in [-0.2, -0.15) is 0 Å². The molecule has 1 aromatic rings. The summed E-state index contributed by atoms with van der Waals surface area (Å²) >= 11 is 0. The second kappa shape index (κ2) is 4.80. The predicted molar refractivity (Wildman–Crippen MR) is 52.2 cm³/mol. The second-order valence-electron chi connectivity index (χ2n) is 2.94. The molecule has 0 aliphatic rings. The van der Waals surface area contributed by atoms with Crippen LogP contribution in [0.1, 0.15) is 18.6 Å². The highest BCUT2D eigenvalue weighted by atomic mass is 16.3. The normalized spacial score (nSPS) is 14.2. The van der Waals surface area contributed by atoms with Gasteiger partial charge in [0.15, 0.2) is 0 Å². The maximum Gasteiger partial charge on any atom is 0.0999 e. The molecule has 0 saturated heterocycles. The molecule has 0 amide bonds. The summed E-state index contributed by atoms with van der Waals surface area (Å²) in [6.07, 6.45) is 1.01. The molecule has 0 aliphatic carbocycles. The van der Waals surface area contributed by atoms with E-state index in [1.165, 1.54) is 0 Å². The number of aliphatic hydroxyl groups excluding tert-OH is 2. The van der Waals surface area contributed by atoms with Crippen molar-refractivity contribution in [2.24, 2.45) is 0 Å². The molecule has 2 heteroatoms. The molecule has 2 N–H and O–H groups in total. The Morgan fingerprint density at radius 3 is 2.54 bits per heavy atom. The van der Waals surface area contributed by atoms with Crippen LogP contribution in [0.25, 0.3) is 0 Å². The summed E-state index contributed by atoms with van der Waals surface area (Å²) in [6.45, 7) is 1.77. The topological polar surface area (TPSA) is 40.5 Å². The quantitative estimate of drug-likeness (QED) is 0.691. The first kappa shape index (κ1) is 9.96. The van der Waals surface area contributed by atoms with Crippen LogP contribution in [-0.2, 0) is 0 Å². The summed E-state index contributed by atoms with van der Waals surface area (Å²) in [5.41, 5.74) is 1.62. The average molecular weight is 178 g/mol. The van der Waals surface area contributed by atoms with E-state index in [-0.39, 0.29) is 6.61 Å². The first-order valence-electron chi connectivity index (χ1n) is 4.26. The third kappa shape index (κ3) is 2.68. The number of benzene rings is 1. The van der Waals surface area contributed by atoms with Crippen molar-refractivity contribution in [1.82, 2.24) is 0 Å². The van der Waals surface area contributed by atoms with Gasteiger partial charge in [0.1, 0.15) is 0 Å². The van der Waals surface area contributed by atoms with E-state index in [1.54, 1.807) is 13.0 Å². The van der Waals surface area contributed by atoms with E-state index in [2.05, 4.69) is 0 Å². The van der Waals surface area contributed by atoms with E-state index in [1.807, 2.05) is 30.3 Å².